The first-order valence-corrected chi connectivity index (χ1v) is 10.6. The molecule has 10 heteroatoms. The van der Waals surface area contributed by atoms with Crippen molar-refractivity contribution in [3.05, 3.63) is 24.3 Å². The van der Waals surface area contributed by atoms with Crippen LogP contribution in [0.5, 0.6) is 5.75 Å². The van der Waals surface area contributed by atoms with Crippen LogP contribution < -0.4 is 20.3 Å². The Bertz CT molecular complexity index is 661. The Balaban J connectivity index is 0.00000341. The molecule has 2 aliphatic rings. The van der Waals surface area contributed by atoms with Gasteiger partial charge in [-0.15, -0.1) is 24.0 Å². The lowest BCUT2D eigenvalue weighted by Crippen LogP contribution is -2.51. The molecule has 3 rings (SSSR count). The molecule has 0 spiro atoms. The maximum absolute atomic E-state index is 12.3. The fraction of sp³-hybridized carbons (Fsp3) is 0.667. The van der Waals surface area contributed by atoms with Gasteiger partial charge in [-0.2, -0.15) is 8.78 Å². The molecular formula is C21H33F2IN4O3. The van der Waals surface area contributed by atoms with Crippen molar-refractivity contribution in [3.63, 3.8) is 0 Å². The molecule has 0 amide bonds. The number of benzene rings is 1. The Hall–Kier alpha value is -1.40. The predicted octanol–water partition coefficient (Wildman–Crippen LogP) is 3.24. The largest absolute Gasteiger partial charge is 0.435 e. The number of ether oxygens (including phenoxy) is 3. The van der Waals surface area contributed by atoms with E-state index in [9.17, 15) is 8.78 Å². The lowest BCUT2D eigenvalue weighted by atomic mass is 10.0. The van der Waals surface area contributed by atoms with E-state index in [2.05, 4.69) is 25.3 Å². The van der Waals surface area contributed by atoms with E-state index in [1.807, 2.05) is 12.1 Å². The van der Waals surface area contributed by atoms with Crippen molar-refractivity contribution in [3.8, 4) is 5.75 Å². The van der Waals surface area contributed by atoms with Crippen molar-refractivity contribution in [2.75, 3.05) is 51.4 Å². The molecule has 1 aromatic rings. The number of hydrogen-bond donors (Lipinski definition) is 2. The Morgan fingerprint density at radius 1 is 1.26 bits per heavy atom. The molecule has 2 N–H and O–H groups in total. The van der Waals surface area contributed by atoms with Gasteiger partial charge in [0, 0.05) is 45.0 Å². The third-order valence-corrected chi connectivity index (χ3v) is 5.28. The van der Waals surface area contributed by atoms with E-state index in [0.717, 1.165) is 57.0 Å². The van der Waals surface area contributed by atoms with E-state index in [-0.39, 0.29) is 41.9 Å². The number of hydrogen-bond acceptors (Lipinski definition) is 5. The third-order valence-electron chi connectivity index (χ3n) is 5.28. The van der Waals surface area contributed by atoms with Crippen LogP contribution in [-0.2, 0) is 9.47 Å². The highest BCUT2D eigenvalue weighted by atomic mass is 127. The smallest absolute Gasteiger partial charge is 0.387 e. The minimum Gasteiger partial charge on any atom is -0.435 e. The van der Waals surface area contributed by atoms with Crippen molar-refractivity contribution in [1.82, 2.24) is 10.6 Å². The molecule has 2 heterocycles. The highest BCUT2D eigenvalue weighted by Gasteiger charge is 2.21. The van der Waals surface area contributed by atoms with Crippen LogP contribution in [0.25, 0.3) is 0 Å². The van der Waals surface area contributed by atoms with Crippen molar-refractivity contribution < 1.29 is 23.0 Å². The van der Waals surface area contributed by atoms with Crippen LogP contribution in [0.2, 0.25) is 0 Å². The number of piperidine rings is 1. The number of nitrogens with zero attached hydrogens (tertiary/aromatic N) is 2. The number of guanidine groups is 1. The Morgan fingerprint density at radius 2 is 2.06 bits per heavy atom. The second-order valence-electron chi connectivity index (χ2n) is 7.51. The van der Waals surface area contributed by atoms with Gasteiger partial charge >= 0.3 is 6.61 Å². The van der Waals surface area contributed by atoms with Crippen LogP contribution in [0.4, 0.5) is 14.5 Å². The number of halogens is 3. The minimum absolute atomic E-state index is 0. The van der Waals surface area contributed by atoms with E-state index in [0.29, 0.717) is 19.8 Å². The average molecular weight is 554 g/mol. The molecule has 2 saturated heterocycles. The van der Waals surface area contributed by atoms with Crippen LogP contribution in [0, 0.1) is 0 Å². The zero-order valence-electron chi connectivity index (χ0n) is 17.9. The highest BCUT2D eigenvalue weighted by molar-refractivity contribution is 14.0. The summed E-state index contributed by atoms with van der Waals surface area (Å²) in [5, 5.41) is 6.76. The molecule has 0 bridgehead atoms. The normalized spacial score (nSPS) is 21.7. The maximum atomic E-state index is 12.3. The maximum Gasteiger partial charge on any atom is 0.387 e. The Kier molecular flexibility index (Phi) is 11.6. The molecule has 2 unspecified atom stereocenters. The van der Waals surface area contributed by atoms with E-state index >= 15 is 0 Å². The van der Waals surface area contributed by atoms with Crippen LogP contribution in [0.3, 0.4) is 0 Å². The second kappa shape index (κ2) is 13.9. The molecular weight excluding hydrogens is 521 g/mol. The van der Waals surface area contributed by atoms with Gasteiger partial charge in [-0.1, -0.05) is 0 Å². The summed E-state index contributed by atoms with van der Waals surface area (Å²) in [7, 11) is 1.75. The summed E-state index contributed by atoms with van der Waals surface area (Å²) in [6.45, 7) is 1.70. The number of nitrogens with one attached hydrogen (secondary N) is 2. The van der Waals surface area contributed by atoms with Crippen molar-refractivity contribution in [2.24, 2.45) is 4.99 Å². The summed E-state index contributed by atoms with van der Waals surface area (Å²) in [6, 6.07) is 7.04. The highest BCUT2D eigenvalue weighted by Crippen LogP contribution is 2.23. The molecule has 31 heavy (non-hydrogen) atoms. The van der Waals surface area contributed by atoms with E-state index in [1.165, 1.54) is 0 Å². The van der Waals surface area contributed by atoms with Gasteiger partial charge in [-0.25, -0.2) is 0 Å². The second-order valence-corrected chi connectivity index (χ2v) is 7.51. The number of anilines is 1. The van der Waals surface area contributed by atoms with Crippen LogP contribution in [-0.4, -0.2) is 71.2 Å². The molecule has 2 atom stereocenters. The van der Waals surface area contributed by atoms with Gasteiger partial charge in [0.1, 0.15) is 5.75 Å². The summed E-state index contributed by atoms with van der Waals surface area (Å²) in [5.74, 6) is 0.926. The van der Waals surface area contributed by atoms with Crippen LogP contribution in [0.1, 0.15) is 25.7 Å². The zero-order chi connectivity index (χ0) is 21.2. The predicted molar refractivity (Wildman–Crippen MR) is 128 cm³/mol. The molecule has 176 valence electrons. The molecule has 2 aliphatic heterocycles. The standard InChI is InChI=1S/C21H32F2N4O3.HI/c1-24-21(25-10-13-28-15-19-5-3-12-29-19)26-16-4-2-11-27(14-16)17-6-8-18(9-7-17)30-20(22)23;/h6-9,16,19-20H,2-5,10-15H2,1H3,(H2,24,25,26);1H. The van der Waals surface area contributed by atoms with Crippen molar-refractivity contribution in [1.29, 1.82) is 0 Å². The molecule has 0 saturated carbocycles. The third kappa shape index (κ3) is 8.93. The molecule has 1 aromatic carbocycles. The Labute approximate surface area is 199 Å². The van der Waals surface area contributed by atoms with Gasteiger partial charge in [0.15, 0.2) is 5.96 Å². The number of alkyl halides is 2. The molecule has 0 radical (unpaired) electrons. The SMILES string of the molecule is CN=C(NCCOCC1CCCO1)NC1CCCN(c2ccc(OC(F)F)cc2)C1.I. The van der Waals surface area contributed by atoms with Gasteiger partial charge in [0.05, 0.1) is 19.3 Å². The lowest BCUT2D eigenvalue weighted by Gasteiger charge is -2.35. The summed E-state index contributed by atoms with van der Waals surface area (Å²) >= 11 is 0. The first-order chi connectivity index (χ1) is 14.6. The first-order valence-electron chi connectivity index (χ1n) is 10.6. The fourth-order valence-electron chi connectivity index (χ4n) is 3.79. The quantitative estimate of drug-likeness (QED) is 0.212. The monoisotopic (exact) mass is 554 g/mol. The number of rotatable bonds is 9. The topological polar surface area (TPSA) is 67.4 Å². The lowest BCUT2D eigenvalue weighted by molar-refractivity contribution is -0.0498. The number of aliphatic imine (C=N–C) groups is 1. The molecule has 0 aliphatic carbocycles. The van der Waals surface area contributed by atoms with Crippen LogP contribution >= 0.6 is 24.0 Å². The zero-order valence-corrected chi connectivity index (χ0v) is 20.2. The Morgan fingerprint density at radius 3 is 2.74 bits per heavy atom. The molecule has 7 nitrogen and oxygen atoms in total. The van der Waals surface area contributed by atoms with Gasteiger partial charge in [0.2, 0.25) is 0 Å². The van der Waals surface area contributed by atoms with Crippen LogP contribution in [0.15, 0.2) is 29.3 Å². The van der Waals surface area contributed by atoms with Gasteiger partial charge < -0.3 is 29.7 Å². The summed E-state index contributed by atoms with van der Waals surface area (Å²) in [5.41, 5.74) is 0.994. The van der Waals surface area contributed by atoms with Crippen molar-refractivity contribution in [2.45, 2.75) is 44.4 Å². The molecule has 2 fully saturated rings. The molecule has 0 aromatic heterocycles. The minimum atomic E-state index is -2.81. The van der Waals surface area contributed by atoms with Gasteiger partial charge in [-0.05, 0) is 49.9 Å². The summed E-state index contributed by atoms with van der Waals surface area (Å²) < 4.78 is 40.3. The average Bonchev–Trinajstić information content (AvgIpc) is 3.26. The summed E-state index contributed by atoms with van der Waals surface area (Å²) in [6.07, 6.45) is 4.52. The van der Waals surface area contributed by atoms with Crippen molar-refractivity contribution >= 4 is 35.6 Å². The van der Waals surface area contributed by atoms with E-state index < -0.39 is 6.61 Å². The van der Waals surface area contributed by atoms with Gasteiger partial charge in [0.25, 0.3) is 0 Å². The van der Waals surface area contributed by atoms with E-state index in [1.54, 1.807) is 19.2 Å². The fourth-order valence-corrected chi connectivity index (χ4v) is 3.79. The first kappa shape index (κ1) is 25.9. The summed E-state index contributed by atoms with van der Waals surface area (Å²) in [4.78, 5) is 6.54. The van der Waals surface area contributed by atoms with Gasteiger partial charge in [-0.3, -0.25) is 4.99 Å². The van der Waals surface area contributed by atoms with E-state index in [4.69, 9.17) is 9.47 Å².